The summed E-state index contributed by atoms with van der Waals surface area (Å²) in [4.78, 5) is 8.68. The Labute approximate surface area is 98.9 Å². The third-order valence-electron chi connectivity index (χ3n) is 3.08. The van der Waals surface area contributed by atoms with E-state index in [-0.39, 0.29) is 0 Å². The van der Waals surface area contributed by atoms with E-state index in [9.17, 15) is 0 Å². The van der Waals surface area contributed by atoms with Crippen LogP contribution in [-0.2, 0) is 0 Å². The number of hydrogen-bond acceptors (Lipinski definition) is 3. The molecule has 0 bridgehead atoms. The van der Waals surface area contributed by atoms with Gasteiger partial charge in [-0.3, -0.25) is 0 Å². The molecule has 3 rings (SSSR count). The van der Waals surface area contributed by atoms with E-state index in [1.807, 2.05) is 18.2 Å². The number of nitrogens with one attached hydrogen (secondary N) is 1. The molecule has 1 saturated heterocycles. The third kappa shape index (κ3) is 1.66. The topological polar surface area (TPSA) is 37.8 Å². The molecule has 82 valence electrons. The first-order valence-electron chi connectivity index (χ1n) is 5.45. The molecule has 1 unspecified atom stereocenters. The van der Waals surface area contributed by atoms with Crippen molar-refractivity contribution in [2.45, 2.75) is 12.3 Å². The number of nitrogens with zero attached hydrogens (tertiary/aromatic N) is 2. The number of fused-ring (bicyclic) bond motifs is 1. The van der Waals surface area contributed by atoms with Crippen molar-refractivity contribution in [1.29, 1.82) is 0 Å². The van der Waals surface area contributed by atoms with Crippen molar-refractivity contribution in [2.24, 2.45) is 0 Å². The monoisotopic (exact) mass is 233 g/mol. The molecule has 3 nitrogen and oxygen atoms in total. The molecule has 1 aromatic heterocycles. The molecule has 1 aromatic carbocycles. The Morgan fingerprint density at radius 1 is 1.31 bits per heavy atom. The molecule has 1 fully saturated rings. The van der Waals surface area contributed by atoms with Gasteiger partial charge in [-0.1, -0.05) is 11.6 Å². The van der Waals surface area contributed by atoms with Crippen LogP contribution in [0, 0.1) is 0 Å². The molecular formula is C12H12ClN3. The zero-order chi connectivity index (χ0) is 11.0. The molecule has 2 aromatic rings. The van der Waals surface area contributed by atoms with E-state index in [1.54, 1.807) is 6.33 Å². The molecule has 0 saturated carbocycles. The third-order valence-corrected chi connectivity index (χ3v) is 3.31. The lowest BCUT2D eigenvalue weighted by Gasteiger charge is -2.10. The maximum atomic E-state index is 5.96. The second-order valence-electron chi connectivity index (χ2n) is 4.11. The maximum absolute atomic E-state index is 5.96. The Bertz CT molecular complexity index is 521. The number of aromatic nitrogens is 2. The van der Waals surface area contributed by atoms with Gasteiger partial charge in [0.05, 0.1) is 11.2 Å². The Balaban J connectivity index is 2.16. The molecule has 0 radical (unpaired) electrons. The van der Waals surface area contributed by atoms with Crippen LogP contribution < -0.4 is 5.32 Å². The summed E-state index contributed by atoms with van der Waals surface area (Å²) < 4.78 is 0. The van der Waals surface area contributed by atoms with Crippen molar-refractivity contribution in [3.05, 3.63) is 35.2 Å². The number of halogens is 1. The number of hydrogen-bond donors (Lipinski definition) is 1. The van der Waals surface area contributed by atoms with Crippen molar-refractivity contribution in [2.75, 3.05) is 13.1 Å². The lowest BCUT2D eigenvalue weighted by Crippen LogP contribution is -2.09. The van der Waals surface area contributed by atoms with Crippen LogP contribution in [0.1, 0.15) is 18.0 Å². The van der Waals surface area contributed by atoms with Crippen LogP contribution in [0.25, 0.3) is 10.9 Å². The van der Waals surface area contributed by atoms with Crippen LogP contribution in [0.5, 0.6) is 0 Å². The highest BCUT2D eigenvalue weighted by Gasteiger charge is 2.20. The number of benzene rings is 1. The van der Waals surface area contributed by atoms with Crippen LogP contribution in [0.4, 0.5) is 0 Å². The molecule has 1 aliphatic rings. The summed E-state index contributed by atoms with van der Waals surface area (Å²) >= 11 is 5.96. The van der Waals surface area contributed by atoms with Gasteiger partial charge in [0, 0.05) is 22.9 Å². The summed E-state index contributed by atoms with van der Waals surface area (Å²) in [6.07, 6.45) is 2.78. The Kier molecular flexibility index (Phi) is 2.50. The summed E-state index contributed by atoms with van der Waals surface area (Å²) in [6.45, 7) is 2.08. The quantitative estimate of drug-likeness (QED) is 0.822. The zero-order valence-corrected chi connectivity index (χ0v) is 9.54. The van der Waals surface area contributed by atoms with E-state index in [4.69, 9.17) is 11.6 Å². The molecule has 2 heterocycles. The lowest BCUT2D eigenvalue weighted by atomic mass is 10.0. The van der Waals surface area contributed by atoms with Crippen LogP contribution in [0.3, 0.4) is 0 Å². The normalized spacial score (nSPS) is 20.4. The fourth-order valence-corrected chi connectivity index (χ4v) is 2.43. The van der Waals surface area contributed by atoms with Crippen molar-refractivity contribution in [3.8, 4) is 0 Å². The van der Waals surface area contributed by atoms with Gasteiger partial charge in [0.2, 0.25) is 0 Å². The van der Waals surface area contributed by atoms with Crippen molar-refractivity contribution in [3.63, 3.8) is 0 Å². The SMILES string of the molecule is Clc1ccc2c(C3CCNC3)ncnc2c1. The molecular weight excluding hydrogens is 222 g/mol. The average molecular weight is 234 g/mol. The number of rotatable bonds is 1. The van der Waals surface area contributed by atoms with E-state index in [2.05, 4.69) is 15.3 Å². The summed E-state index contributed by atoms with van der Waals surface area (Å²) in [5, 5.41) is 5.21. The van der Waals surface area contributed by atoms with Gasteiger partial charge >= 0.3 is 0 Å². The van der Waals surface area contributed by atoms with Gasteiger partial charge in [-0.15, -0.1) is 0 Å². The molecule has 0 amide bonds. The Morgan fingerprint density at radius 3 is 3.06 bits per heavy atom. The van der Waals surface area contributed by atoms with Crippen molar-refractivity contribution in [1.82, 2.24) is 15.3 Å². The van der Waals surface area contributed by atoms with Gasteiger partial charge in [-0.2, -0.15) is 0 Å². The molecule has 16 heavy (non-hydrogen) atoms. The maximum Gasteiger partial charge on any atom is 0.116 e. The first-order chi connectivity index (χ1) is 7.84. The Hall–Kier alpha value is -1.19. The Morgan fingerprint density at radius 2 is 2.25 bits per heavy atom. The first-order valence-corrected chi connectivity index (χ1v) is 5.83. The largest absolute Gasteiger partial charge is 0.316 e. The molecule has 1 atom stereocenters. The lowest BCUT2D eigenvalue weighted by molar-refractivity contribution is 0.740. The molecule has 4 heteroatoms. The van der Waals surface area contributed by atoms with Crippen molar-refractivity contribution < 1.29 is 0 Å². The molecule has 1 aliphatic heterocycles. The van der Waals surface area contributed by atoms with Gasteiger partial charge in [-0.05, 0) is 31.2 Å². The summed E-state index contributed by atoms with van der Waals surface area (Å²) in [6, 6.07) is 5.81. The standard InChI is InChI=1S/C12H12ClN3/c13-9-1-2-10-11(5-9)15-7-16-12(10)8-3-4-14-6-8/h1-2,5,7-8,14H,3-4,6H2. The molecule has 1 N–H and O–H groups in total. The van der Waals surface area contributed by atoms with E-state index in [1.165, 1.54) is 0 Å². The van der Waals surface area contributed by atoms with Crippen LogP contribution in [0.15, 0.2) is 24.5 Å². The molecule has 0 aliphatic carbocycles. The van der Waals surface area contributed by atoms with E-state index >= 15 is 0 Å². The second-order valence-corrected chi connectivity index (χ2v) is 4.55. The fourth-order valence-electron chi connectivity index (χ4n) is 2.26. The average Bonchev–Trinajstić information content (AvgIpc) is 2.81. The highest BCUT2D eigenvalue weighted by molar-refractivity contribution is 6.31. The van der Waals surface area contributed by atoms with Crippen LogP contribution in [0.2, 0.25) is 5.02 Å². The van der Waals surface area contributed by atoms with Gasteiger partial charge < -0.3 is 5.32 Å². The van der Waals surface area contributed by atoms with Crippen LogP contribution >= 0.6 is 11.6 Å². The minimum Gasteiger partial charge on any atom is -0.316 e. The van der Waals surface area contributed by atoms with E-state index in [0.717, 1.165) is 41.1 Å². The summed E-state index contributed by atoms with van der Waals surface area (Å²) in [7, 11) is 0. The van der Waals surface area contributed by atoms with Crippen molar-refractivity contribution >= 4 is 22.5 Å². The first kappa shape index (κ1) is 10.00. The van der Waals surface area contributed by atoms with E-state index in [0.29, 0.717) is 5.92 Å². The minimum atomic E-state index is 0.506. The second kappa shape index (κ2) is 4.00. The highest BCUT2D eigenvalue weighted by atomic mass is 35.5. The van der Waals surface area contributed by atoms with E-state index < -0.39 is 0 Å². The summed E-state index contributed by atoms with van der Waals surface area (Å²) in [5.41, 5.74) is 2.08. The van der Waals surface area contributed by atoms with Crippen LogP contribution in [-0.4, -0.2) is 23.1 Å². The van der Waals surface area contributed by atoms with Gasteiger partial charge in [-0.25, -0.2) is 9.97 Å². The van der Waals surface area contributed by atoms with Gasteiger partial charge in [0.25, 0.3) is 0 Å². The zero-order valence-electron chi connectivity index (χ0n) is 8.78. The smallest absolute Gasteiger partial charge is 0.116 e. The predicted octanol–water partition coefficient (Wildman–Crippen LogP) is 2.36. The van der Waals surface area contributed by atoms with Gasteiger partial charge in [0.15, 0.2) is 0 Å². The summed E-state index contributed by atoms with van der Waals surface area (Å²) in [5.74, 6) is 0.506. The predicted molar refractivity (Wildman–Crippen MR) is 64.8 cm³/mol. The highest BCUT2D eigenvalue weighted by Crippen LogP contribution is 2.27. The molecule has 0 spiro atoms. The minimum absolute atomic E-state index is 0.506. The van der Waals surface area contributed by atoms with Gasteiger partial charge in [0.1, 0.15) is 6.33 Å². The fraction of sp³-hybridized carbons (Fsp3) is 0.333.